The summed E-state index contributed by atoms with van der Waals surface area (Å²) in [6, 6.07) is 13.7. The van der Waals surface area contributed by atoms with Crippen molar-refractivity contribution in [1.82, 2.24) is 20.0 Å². The summed E-state index contributed by atoms with van der Waals surface area (Å²) in [6.45, 7) is 7.27. The Hall–Kier alpha value is -3.33. The molecule has 0 radical (unpaired) electrons. The summed E-state index contributed by atoms with van der Waals surface area (Å²) in [4.78, 5) is 27.2. The largest absolute Gasteiger partial charge is 0.435 e. The Bertz CT molecular complexity index is 1300. The van der Waals surface area contributed by atoms with Gasteiger partial charge in [0.2, 0.25) is 5.91 Å². The van der Waals surface area contributed by atoms with Gasteiger partial charge in [-0.3, -0.25) is 9.59 Å². The fraction of sp³-hybridized carbons (Fsp3) is 0.393. The van der Waals surface area contributed by atoms with Crippen LogP contribution in [0.15, 0.2) is 54.6 Å². The molecular formula is C28H30ClF3N4O2. The number of alkyl halides is 3. The van der Waals surface area contributed by atoms with Crippen molar-refractivity contribution in [2.45, 2.75) is 52.3 Å². The van der Waals surface area contributed by atoms with E-state index in [2.05, 4.69) is 10.4 Å². The lowest BCUT2D eigenvalue weighted by Crippen LogP contribution is -2.47. The van der Waals surface area contributed by atoms with Crippen LogP contribution < -0.4 is 5.32 Å². The Morgan fingerprint density at radius 1 is 1.03 bits per heavy atom. The van der Waals surface area contributed by atoms with Crippen LogP contribution in [0.2, 0.25) is 5.02 Å². The smallest absolute Gasteiger partial charge is 0.349 e. The molecule has 2 heterocycles. The number of para-hydroxylation sites is 1. The van der Waals surface area contributed by atoms with Crippen LogP contribution in [-0.4, -0.2) is 45.6 Å². The molecule has 1 aromatic heterocycles. The SMILES string of the molecule is CC(C)(C)CC(=O)N1CCC(NC(=O)c2ccc(-c3cc(C(F)(F)F)nn3-c3ccccc3Cl)cc2)CC1. The van der Waals surface area contributed by atoms with Crippen LogP contribution in [0.1, 0.15) is 56.1 Å². The maximum atomic E-state index is 13.5. The highest BCUT2D eigenvalue weighted by molar-refractivity contribution is 6.32. The van der Waals surface area contributed by atoms with Crippen LogP contribution in [-0.2, 0) is 11.0 Å². The normalized spacial score (nSPS) is 15.0. The van der Waals surface area contributed by atoms with E-state index in [0.717, 1.165) is 10.7 Å². The average Bonchev–Trinajstić information content (AvgIpc) is 3.30. The molecule has 2 amide bonds. The molecule has 0 aliphatic carbocycles. The van der Waals surface area contributed by atoms with Crippen molar-refractivity contribution in [1.29, 1.82) is 0 Å². The lowest BCUT2D eigenvalue weighted by molar-refractivity contribution is -0.141. The summed E-state index contributed by atoms with van der Waals surface area (Å²) in [5.74, 6) is -0.144. The topological polar surface area (TPSA) is 67.2 Å². The van der Waals surface area contributed by atoms with Gasteiger partial charge in [-0.2, -0.15) is 18.3 Å². The van der Waals surface area contributed by atoms with E-state index in [1.54, 1.807) is 48.5 Å². The Balaban J connectivity index is 1.46. The van der Waals surface area contributed by atoms with E-state index in [0.29, 0.717) is 49.2 Å². The van der Waals surface area contributed by atoms with Crippen LogP contribution in [0.5, 0.6) is 0 Å². The molecule has 6 nitrogen and oxygen atoms in total. The average molecular weight is 547 g/mol. The number of benzene rings is 2. The number of halogens is 4. The predicted molar refractivity (Wildman–Crippen MR) is 140 cm³/mol. The number of likely N-dealkylation sites (tertiary alicyclic amines) is 1. The van der Waals surface area contributed by atoms with Crippen molar-refractivity contribution in [3.63, 3.8) is 0 Å². The number of hydrogen-bond donors (Lipinski definition) is 1. The molecule has 0 bridgehead atoms. The highest BCUT2D eigenvalue weighted by Gasteiger charge is 2.35. The van der Waals surface area contributed by atoms with Gasteiger partial charge in [0.25, 0.3) is 5.91 Å². The van der Waals surface area contributed by atoms with Gasteiger partial charge in [0, 0.05) is 36.7 Å². The predicted octanol–water partition coefficient (Wildman–Crippen LogP) is 6.37. The number of nitrogens with zero attached hydrogens (tertiary/aromatic N) is 3. The number of nitrogens with one attached hydrogen (secondary N) is 1. The number of piperidine rings is 1. The lowest BCUT2D eigenvalue weighted by Gasteiger charge is -2.34. The summed E-state index contributed by atoms with van der Waals surface area (Å²) in [6.07, 6.45) is -2.82. The first-order chi connectivity index (χ1) is 17.8. The van der Waals surface area contributed by atoms with Crippen LogP contribution in [0.4, 0.5) is 13.2 Å². The first-order valence-electron chi connectivity index (χ1n) is 12.4. The van der Waals surface area contributed by atoms with Crippen molar-refractivity contribution in [3.8, 4) is 16.9 Å². The van der Waals surface area contributed by atoms with E-state index in [1.165, 1.54) is 0 Å². The van der Waals surface area contributed by atoms with E-state index in [-0.39, 0.29) is 34.0 Å². The second kappa shape index (κ2) is 10.8. The quantitative estimate of drug-likeness (QED) is 0.404. The molecule has 4 rings (SSSR count). The third-order valence-corrected chi connectivity index (χ3v) is 6.71. The van der Waals surface area contributed by atoms with Crippen molar-refractivity contribution < 1.29 is 22.8 Å². The number of amides is 2. The van der Waals surface area contributed by atoms with Gasteiger partial charge in [-0.1, -0.05) is 56.6 Å². The van der Waals surface area contributed by atoms with Crippen molar-refractivity contribution in [2.75, 3.05) is 13.1 Å². The summed E-state index contributed by atoms with van der Waals surface area (Å²) in [5.41, 5.74) is 0.239. The fourth-order valence-electron chi connectivity index (χ4n) is 4.43. The molecule has 1 saturated heterocycles. The second-order valence-corrected chi connectivity index (χ2v) is 11.1. The minimum atomic E-state index is -4.63. The summed E-state index contributed by atoms with van der Waals surface area (Å²) < 4.78 is 41.6. The number of carbonyl (C=O) groups excluding carboxylic acids is 2. The van der Waals surface area contributed by atoms with E-state index < -0.39 is 11.9 Å². The summed E-state index contributed by atoms with van der Waals surface area (Å²) in [5, 5.41) is 7.03. The van der Waals surface area contributed by atoms with E-state index >= 15 is 0 Å². The van der Waals surface area contributed by atoms with E-state index in [9.17, 15) is 22.8 Å². The Morgan fingerprint density at radius 3 is 2.24 bits per heavy atom. The van der Waals surface area contributed by atoms with Crippen LogP contribution >= 0.6 is 11.6 Å². The molecule has 202 valence electrons. The molecule has 38 heavy (non-hydrogen) atoms. The molecule has 10 heteroatoms. The van der Waals surface area contributed by atoms with Gasteiger partial charge in [-0.05, 0) is 48.6 Å². The zero-order chi connectivity index (χ0) is 27.7. The maximum Gasteiger partial charge on any atom is 0.435 e. The van der Waals surface area contributed by atoms with E-state index in [1.807, 2.05) is 25.7 Å². The number of hydrogen-bond acceptors (Lipinski definition) is 3. The third-order valence-electron chi connectivity index (χ3n) is 6.39. The lowest BCUT2D eigenvalue weighted by atomic mass is 9.91. The number of aromatic nitrogens is 2. The fourth-order valence-corrected chi connectivity index (χ4v) is 4.65. The van der Waals surface area contributed by atoms with Crippen LogP contribution in [0, 0.1) is 5.41 Å². The molecule has 1 aliphatic rings. The molecule has 1 aliphatic heterocycles. The molecule has 0 spiro atoms. The second-order valence-electron chi connectivity index (χ2n) is 10.7. The molecule has 0 unspecified atom stereocenters. The molecule has 3 aromatic rings. The van der Waals surface area contributed by atoms with Crippen LogP contribution in [0.3, 0.4) is 0 Å². The van der Waals surface area contributed by atoms with Crippen molar-refractivity contribution >= 4 is 23.4 Å². The third kappa shape index (κ3) is 6.56. The Kier molecular flexibility index (Phi) is 7.88. The van der Waals surface area contributed by atoms with Gasteiger partial charge in [-0.15, -0.1) is 0 Å². The monoisotopic (exact) mass is 546 g/mol. The Morgan fingerprint density at radius 2 is 1.66 bits per heavy atom. The number of carbonyl (C=O) groups is 2. The molecular weight excluding hydrogens is 517 g/mol. The highest BCUT2D eigenvalue weighted by Crippen LogP contribution is 2.34. The summed E-state index contributed by atoms with van der Waals surface area (Å²) >= 11 is 6.24. The minimum Gasteiger partial charge on any atom is -0.349 e. The highest BCUT2D eigenvalue weighted by atomic mass is 35.5. The first-order valence-corrected chi connectivity index (χ1v) is 12.8. The molecule has 2 aromatic carbocycles. The zero-order valence-electron chi connectivity index (χ0n) is 21.5. The van der Waals surface area contributed by atoms with Gasteiger partial charge in [0.15, 0.2) is 5.69 Å². The Labute approximate surface area is 224 Å². The van der Waals surface area contributed by atoms with Gasteiger partial charge in [0.1, 0.15) is 0 Å². The van der Waals surface area contributed by atoms with Crippen molar-refractivity contribution in [2.24, 2.45) is 5.41 Å². The summed E-state index contributed by atoms with van der Waals surface area (Å²) in [7, 11) is 0. The minimum absolute atomic E-state index is 0.0585. The van der Waals surface area contributed by atoms with E-state index in [4.69, 9.17) is 11.6 Å². The van der Waals surface area contributed by atoms with Gasteiger partial charge < -0.3 is 10.2 Å². The van der Waals surface area contributed by atoms with Crippen LogP contribution in [0.25, 0.3) is 16.9 Å². The molecule has 0 saturated carbocycles. The van der Waals surface area contributed by atoms with Gasteiger partial charge in [0.05, 0.1) is 16.4 Å². The van der Waals surface area contributed by atoms with Gasteiger partial charge in [-0.25, -0.2) is 4.68 Å². The molecule has 1 N–H and O–H groups in total. The zero-order valence-corrected chi connectivity index (χ0v) is 22.2. The van der Waals surface area contributed by atoms with Crippen molar-refractivity contribution in [3.05, 3.63) is 70.9 Å². The molecule has 1 fully saturated rings. The standard InChI is InChI=1S/C28H30ClF3N4O2/c1-27(2,3)17-25(37)35-14-12-20(13-15-35)33-26(38)19-10-8-18(9-11-19)23-16-24(28(30,31)32)34-36(23)22-7-5-4-6-21(22)29/h4-11,16,20H,12-15,17H2,1-3H3,(H,33,38). The number of rotatable bonds is 5. The molecule has 0 atom stereocenters. The maximum absolute atomic E-state index is 13.5. The van der Waals surface area contributed by atoms with Gasteiger partial charge >= 0.3 is 6.18 Å². The first kappa shape index (κ1) is 27.7.